The van der Waals surface area contributed by atoms with Crippen LogP contribution in [-0.4, -0.2) is 171 Å². The molecule has 0 aliphatic heterocycles. The molecule has 0 aromatic rings. The summed E-state index contributed by atoms with van der Waals surface area (Å²) < 4.78 is 18.4. The van der Waals surface area contributed by atoms with Crippen molar-refractivity contribution in [3.05, 3.63) is 0 Å². The summed E-state index contributed by atoms with van der Waals surface area (Å²) in [5.74, 6) is 0. The maximum absolute atomic E-state index is 10.9. The van der Waals surface area contributed by atoms with E-state index in [2.05, 4.69) is 18.7 Å². The number of hydrogen-bond donors (Lipinski definition) is 12. The largest absolute Gasteiger partial charge is 1.00 e. The van der Waals surface area contributed by atoms with Gasteiger partial charge < -0.3 is 139 Å². The normalized spacial score (nSPS) is 10.7. The molecule has 221 valence electrons. The van der Waals surface area contributed by atoms with Gasteiger partial charge in [-0.3, -0.25) is 0 Å². The minimum Gasteiger partial charge on any atom is -0.829 e. The molecule has 0 aliphatic rings. The topological polar surface area (TPSA) is 539 Å². The SMILES string of the molecule is C[Si](O)(O)O[Si]([O-])(O)[O][Al-][O][Si](O)(O)O.O.O.O.O.O.[Na+].[Na+].[Na+].[Na+].[Na+].[Na+].[Na+].[Na+].[O-][Si](O)(O)[O][Al-].[O-][Si]([O-])(O)O[Si](O)(O)O. The molecule has 0 saturated heterocycles. The average Bonchev–Trinajstić information content (AvgIpc) is 2.29. The van der Waals surface area contributed by atoms with E-state index in [4.69, 9.17) is 57.5 Å². The van der Waals surface area contributed by atoms with Crippen molar-refractivity contribution in [2.45, 2.75) is 6.55 Å². The Kier molecular flexibility index (Phi) is 120. The standard InChI is InChI=1S/CH6O6Si2.2Al.8Na.H4O7Si2.H3O4Si.H2O4Si.5H2O/c1-8(2,3)7-9(4,5)6;;;;;;;;;;;1-8(2,3)7-9(4,5)6;2*1-5(2,3)4;;;;;/h2-4H,1H3;;;;;;;;;;;1-4H;1-3H;1-2H;5*1H2/q-2;;9*+1;-2;-1;-2;;;;;. The summed E-state index contributed by atoms with van der Waals surface area (Å²) in [6.07, 6.45) is 0. The van der Waals surface area contributed by atoms with E-state index in [-0.39, 0.29) is 264 Å². The first-order valence-electron chi connectivity index (χ1n) is 6.14. The molecule has 0 bridgehead atoms. The van der Waals surface area contributed by atoms with Crippen LogP contribution in [0.15, 0.2) is 0 Å². The van der Waals surface area contributed by atoms with Crippen molar-refractivity contribution in [3.8, 4) is 0 Å². The third kappa shape index (κ3) is 120. The van der Waals surface area contributed by atoms with E-state index in [0.717, 1.165) is 6.55 Å². The summed E-state index contributed by atoms with van der Waals surface area (Å²) in [7, 11) is -29.1. The molecule has 0 heterocycles. The van der Waals surface area contributed by atoms with Crippen molar-refractivity contribution in [3.63, 3.8) is 0 Å². The summed E-state index contributed by atoms with van der Waals surface area (Å²) in [5.41, 5.74) is 0. The Morgan fingerprint density at radius 2 is 0.767 bits per heavy atom. The molecule has 0 spiro atoms. The Labute approximate surface area is 442 Å². The minimum atomic E-state index is -5.48. The van der Waals surface area contributed by atoms with Crippen LogP contribution >= 0.6 is 0 Å². The van der Waals surface area contributed by atoms with Gasteiger partial charge in [0.1, 0.15) is 24.9 Å². The second kappa shape index (κ2) is 49.3. The van der Waals surface area contributed by atoms with E-state index in [1.165, 1.54) is 16.6 Å². The van der Waals surface area contributed by atoms with Crippen LogP contribution in [0.25, 0.3) is 0 Å². The maximum Gasteiger partial charge on any atom is 1.00 e. The Morgan fingerprint density at radius 3 is 0.884 bits per heavy atom. The number of rotatable bonds is 9. The summed E-state index contributed by atoms with van der Waals surface area (Å²) in [5, 5.41) is 0. The van der Waals surface area contributed by atoms with Gasteiger partial charge in [-0.05, 0) is 0 Å². The van der Waals surface area contributed by atoms with Gasteiger partial charge in [-0.1, -0.05) is 0 Å². The molecule has 0 rings (SSSR count). The minimum absolute atomic E-state index is 0. The van der Waals surface area contributed by atoms with Crippen LogP contribution in [-0.2, 0) is 18.7 Å². The fraction of sp³-hybridized carbons (Fsp3) is 1.00. The molecule has 0 fully saturated rings. The van der Waals surface area contributed by atoms with Crippen molar-refractivity contribution in [2.75, 3.05) is 0 Å². The maximum atomic E-state index is 10.9. The summed E-state index contributed by atoms with van der Waals surface area (Å²) in [4.78, 5) is 137. The van der Waals surface area contributed by atoms with Gasteiger partial charge in [0.25, 0.3) is 0 Å². The summed E-state index contributed by atoms with van der Waals surface area (Å²) in [6, 6.07) is 0. The molecule has 22 N–H and O–H groups in total. The van der Waals surface area contributed by atoms with E-state index in [0.29, 0.717) is 0 Å². The van der Waals surface area contributed by atoms with E-state index >= 15 is 0 Å². The Hall–Kier alpha value is 9.33. The second-order valence-corrected chi connectivity index (χ2v) is 16.3. The van der Waals surface area contributed by atoms with Gasteiger partial charge in [0.15, 0.2) is 0 Å². The third-order valence-electron chi connectivity index (χ3n) is 1.15. The van der Waals surface area contributed by atoms with E-state index in [1.54, 1.807) is 0 Å². The van der Waals surface area contributed by atoms with Gasteiger partial charge in [0.05, 0.1) is 0 Å². The third-order valence-corrected chi connectivity index (χ3v) is 10.3. The van der Waals surface area contributed by atoms with Crippen molar-refractivity contribution in [1.82, 2.24) is 0 Å². The van der Waals surface area contributed by atoms with Crippen molar-refractivity contribution < 1.29 is 359 Å². The molecule has 0 aromatic carbocycles. The van der Waals surface area contributed by atoms with Crippen LogP contribution in [0.5, 0.6) is 0 Å². The Morgan fingerprint density at radius 1 is 0.512 bits per heavy atom. The summed E-state index contributed by atoms with van der Waals surface area (Å²) in [6.45, 7) is 0.797. The molecular weight excluding hydrogens is 834 g/mol. The van der Waals surface area contributed by atoms with E-state index < -0.39 is 69.9 Å². The predicted octanol–water partition coefficient (Wildman–Crippen LogP) is -42.3. The van der Waals surface area contributed by atoms with Gasteiger partial charge in [-0.15, -0.1) is 0 Å². The van der Waals surface area contributed by atoms with Gasteiger partial charge >= 0.3 is 281 Å². The fourth-order valence-corrected chi connectivity index (χ4v) is 6.18. The molecule has 42 heteroatoms. The second-order valence-electron chi connectivity index (χ2n) is 4.33. The number of hydrogen-bond acceptors (Lipinski definition) is 21. The molecule has 5 radical (unpaired) electrons. The van der Waals surface area contributed by atoms with Crippen LogP contribution in [0.2, 0.25) is 6.55 Å². The fourth-order valence-electron chi connectivity index (χ4n) is 0.591. The molecule has 1 atom stereocenters. The first kappa shape index (κ1) is 104. The van der Waals surface area contributed by atoms with Crippen molar-refractivity contribution >= 4 is 86.6 Å². The monoisotopic (exact) mass is 859 g/mol. The zero-order valence-electron chi connectivity index (χ0n) is 24.7. The van der Waals surface area contributed by atoms with Gasteiger partial charge in [-0.25, -0.2) is 0 Å². The van der Waals surface area contributed by atoms with Crippen LogP contribution in [0, 0.1) is 0 Å². The van der Waals surface area contributed by atoms with Crippen LogP contribution < -0.4 is 256 Å². The Balaban J connectivity index is -0.0000000168. The molecule has 0 aliphatic carbocycles. The van der Waals surface area contributed by atoms with Crippen LogP contribution in [0.3, 0.4) is 0 Å². The smallest absolute Gasteiger partial charge is 0.829 e. The average molecular weight is 860 g/mol. The first-order chi connectivity index (χ1) is 12.7. The quantitative estimate of drug-likeness (QED) is 0.0958. The van der Waals surface area contributed by atoms with Crippen molar-refractivity contribution in [2.24, 2.45) is 0 Å². The Bertz CT molecular complexity index is 459. The van der Waals surface area contributed by atoms with Gasteiger partial charge in [0.2, 0.25) is 0 Å². The zero-order chi connectivity index (χ0) is 25.2. The molecule has 26 nitrogen and oxygen atoms in total. The zero-order valence-corrected chi connectivity index (χ0v) is 49.0. The molecular formula is CH25Al2Na8O26Si6+2. The van der Waals surface area contributed by atoms with Gasteiger partial charge in [-0.2, -0.15) is 0 Å². The van der Waals surface area contributed by atoms with E-state index in [1.807, 2.05) is 0 Å². The van der Waals surface area contributed by atoms with E-state index in [9.17, 15) is 19.2 Å². The van der Waals surface area contributed by atoms with Crippen LogP contribution in [0.1, 0.15) is 0 Å². The van der Waals surface area contributed by atoms with Crippen LogP contribution in [0.4, 0.5) is 0 Å². The summed E-state index contributed by atoms with van der Waals surface area (Å²) >= 11 is -0.413. The first-order valence-corrected chi connectivity index (χ1v) is 18.4. The van der Waals surface area contributed by atoms with Gasteiger partial charge in [0, 0.05) is 6.55 Å². The predicted molar refractivity (Wildman–Crippen MR) is 102 cm³/mol. The molecule has 0 aromatic heterocycles. The molecule has 43 heavy (non-hydrogen) atoms. The molecule has 0 saturated carbocycles. The molecule has 0 amide bonds. The van der Waals surface area contributed by atoms with Crippen molar-refractivity contribution in [1.29, 1.82) is 0 Å². The molecule has 1 unspecified atom stereocenters.